The number of amides is 1. The van der Waals surface area contributed by atoms with Crippen molar-refractivity contribution in [3.8, 4) is 0 Å². The molecule has 2 aromatic carbocycles. The van der Waals surface area contributed by atoms with E-state index in [4.69, 9.17) is 16.3 Å². The van der Waals surface area contributed by atoms with E-state index in [1.54, 1.807) is 6.07 Å². The molecule has 1 fully saturated rings. The molecule has 0 saturated heterocycles. The van der Waals surface area contributed by atoms with E-state index in [9.17, 15) is 9.59 Å². The largest absolute Gasteiger partial charge is 0.455 e. The van der Waals surface area contributed by atoms with Crippen LogP contribution in [-0.4, -0.2) is 18.5 Å². The van der Waals surface area contributed by atoms with Crippen LogP contribution in [0.2, 0.25) is 5.02 Å². The number of halogens is 1. The van der Waals surface area contributed by atoms with Gasteiger partial charge in [0.1, 0.15) is 0 Å². The van der Waals surface area contributed by atoms with Gasteiger partial charge in [-0.05, 0) is 37.0 Å². The van der Waals surface area contributed by atoms with Gasteiger partial charge in [-0.3, -0.25) is 9.59 Å². The molecule has 1 atom stereocenters. The number of hydrogen-bond acceptors (Lipinski definition) is 3. The molecule has 1 N–H and O–H groups in total. The number of ether oxygens (including phenoxy) is 1. The molecular formula is C20H20ClNO3. The third-order valence-corrected chi connectivity index (χ3v) is 4.89. The number of hydrogen-bond donors (Lipinski definition) is 1. The molecule has 130 valence electrons. The Labute approximate surface area is 152 Å². The highest BCUT2D eigenvalue weighted by Gasteiger charge is 2.52. The van der Waals surface area contributed by atoms with Gasteiger partial charge in [0.2, 0.25) is 0 Å². The van der Waals surface area contributed by atoms with Gasteiger partial charge in [0.05, 0.1) is 11.5 Å². The van der Waals surface area contributed by atoms with Crippen molar-refractivity contribution < 1.29 is 14.3 Å². The quantitative estimate of drug-likeness (QED) is 0.800. The van der Waals surface area contributed by atoms with Crippen LogP contribution in [0.15, 0.2) is 54.6 Å². The Bertz CT molecular complexity index is 772. The van der Waals surface area contributed by atoms with Gasteiger partial charge in [0, 0.05) is 5.02 Å². The van der Waals surface area contributed by atoms with E-state index in [0.717, 1.165) is 24.0 Å². The minimum atomic E-state index is -0.574. The van der Waals surface area contributed by atoms with E-state index in [2.05, 4.69) is 5.32 Å². The van der Waals surface area contributed by atoms with Crippen molar-refractivity contribution >= 4 is 23.5 Å². The lowest BCUT2D eigenvalue weighted by atomic mass is 9.96. The lowest BCUT2D eigenvalue weighted by Crippen LogP contribution is -2.33. The average molecular weight is 358 g/mol. The molecule has 1 aliphatic rings. The van der Waals surface area contributed by atoms with Crippen molar-refractivity contribution in [2.75, 3.05) is 6.61 Å². The molecule has 1 amide bonds. The summed E-state index contributed by atoms with van der Waals surface area (Å²) in [6, 6.07) is 16.6. The third kappa shape index (κ3) is 3.85. The van der Waals surface area contributed by atoms with E-state index in [1.165, 1.54) is 0 Å². The molecular weight excluding hydrogens is 338 g/mol. The molecule has 5 heteroatoms. The van der Waals surface area contributed by atoms with Crippen molar-refractivity contribution in [2.24, 2.45) is 0 Å². The maximum atomic E-state index is 12.4. The minimum Gasteiger partial charge on any atom is -0.455 e. The molecule has 25 heavy (non-hydrogen) atoms. The second-order valence-electron chi connectivity index (χ2n) is 6.33. The summed E-state index contributed by atoms with van der Waals surface area (Å²) >= 11 is 6.13. The molecule has 0 unspecified atom stereocenters. The van der Waals surface area contributed by atoms with Gasteiger partial charge in [0.25, 0.3) is 5.91 Å². The second kappa shape index (κ2) is 7.28. The smallest absolute Gasteiger partial charge is 0.317 e. The maximum Gasteiger partial charge on any atom is 0.317 e. The number of benzene rings is 2. The summed E-state index contributed by atoms with van der Waals surface area (Å²) in [6.07, 6.45) is 1.51. The van der Waals surface area contributed by atoms with Gasteiger partial charge in [-0.2, -0.15) is 0 Å². The van der Waals surface area contributed by atoms with E-state index in [1.807, 2.05) is 55.5 Å². The molecule has 0 bridgehead atoms. The predicted molar refractivity (Wildman–Crippen MR) is 96.3 cm³/mol. The van der Waals surface area contributed by atoms with Crippen LogP contribution in [0.25, 0.3) is 0 Å². The van der Waals surface area contributed by atoms with Crippen molar-refractivity contribution in [1.29, 1.82) is 0 Å². The summed E-state index contributed by atoms with van der Waals surface area (Å²) in [5.74, 6) is -0.677. The molecule has 0 radical (unpaired) electrons. The summed E-state index contributed by atoms with van der Waals surface area (Å²) in [5, 5.41) is 3.39. The Morgan fingerprint density at radius 2 is 1.76 bits per heavy atom. The lowest BCUT2D eigenvalue weighted by molar-refractivity contribution is -0.151. The molecule has 0 heterocycles. The van der Waals surface area contributed by atoms with Crippen LogP contribution in [-0.2, 0) is 19.7 Å². The Kier molecular flexibility index (Phi) is 5.09. The third-order valence-electron chi connectivity index (χ3n) is 4.55. The van der Waals surface area contributed by atoms with Crippen molar-refractivity contribution in [3.05, 3.63) is 70.7 Å². The van der Waals surface area contributed by atoms with Crippen molar-refractivity contribution in [1.82, 2.24) is 5.32 Å². The molecule has 0 aromatic heterocycles. The number of esters is 1. The summed E-state index contributed by atoms with van der Waals surface area (Å²) in [4.78, 5) is 24.5. The van der Waals surface area contributed by atoms with Crippen LogP contribution >= 0.6 is 11.6 Å². The molecule has 0 spiro atoms. The van der Waals surface area contributed by atoms with Crippen molar-refractivity contribution in [3.63, 3.8) is 0 Å². The topological polar surface area (TPSA) is 55.4 Å². The fourth-order valence-corrected chi connectivity index (χ4v) is 3.25. The standard InChI is InChI=1S/C20H20ClNO3/c1-14(16-9-5-6-10-17(16)21)22-18(23)13-25-19(24)20(11-12-20)15-7-3-2-4-8-15/h2-10,14H,11-13H2,1H3,(H,22,23)/t14-/m1/s1. The molecule has 3 rings (SSSR count). The molecule has 1 aliphatic carbocycles. The summed E-state index contributed by atoms with van der Waals surface area (Å²) in [5.41, 5.74) is 1.20. The van der Waals surface area contributed by atoms with Crippen LogP contribution in [0.1, 0.15) is 36.9 Å². The van der Waals surface area contributed by atoms with Gasteiger partial charge < -0.3 is 10.1 Å². The summed E-state index contributed by atoms with van der Waals surface area (Å²) in [6.45, 7) is 1.55. The first-order chi connectivity index (χ1) is 12.0. The highest BCUT2D eigenvalue weighted by molar-refractivity contribution is 6.31. The maximum absolute atomic E-state index is 12.4. The van der Waals surface area contributed by atoms with E-state index in [-0.39, 0.29) is 24.5 Å². The first kappa shape index (κ1) is 17.5. The Morgan fingerprint density at radius 3 is 2.40 bits per heavy atom. The Morgan fingerprint density at radius 1 is 1.12 bits per heavy atom. The number of nitrogens with one attached hydrogen (secondary N) is 1. The Hall–Kier alpha value is -2.33. The number of rotatable bonds is 6. The summed E-state index contributed by atoms with van der Waals surface area (Å²) < 4.78 is 5.27. The zero-order valence-electron chi connectivity index (χ0n) is 14.0. The van der Waals surface area contributed by atoms with E-state index >= 15 is 0 Å². The summed E-state index contributed by atoms with van der Waals surface area (Å²) in [7, 11) is 0. The highest BCUT2D eigenvalue weighted by Crippen LogP contribution is 2.49. The SMILES string of the molecule is C[C@@H](NC(=O)COC(=O)C1(c2ccccc2)CC1)c1ccccc1Cl. The average Bonchev–Trinajstić information content (AvgIpc) is 3.43. The molecule has 0 aliphatic heterocycles. The fourth-order valence-electron chi connectivity index (χ4n) is 2.95. The van der Waals surface area contributed by atoms with Crippen LogP contribution < -0.4 is 5.32 Å². The lowest BCUT2D eigenvalue weighted by Gasteiger charge is -2.17. The van der Waals surface area contributed by atoms with Crippen LogP contribution in [0.3, 0.4) is 0 Å². The Balaban J connectivity index is 1.54. The van der Waals surface area contributed by atoms with Gasteiger partial charge in [-0.25, -0.2) is 0 Å². The zero-order valence-corrected chi connectivity index (χ0v) is 14.8. The number of carbonyl (C=O) groups is 2. The monoisotopic (exact) mass is 357 g/mol. The zero-order chi connectivity index (χ0) is 17.9. The second-order valence-corrected chi connectivity index (χ2v) is 6.74. The molecule has 1 saturated carbocycles. The van der Waals surface area contributed by atoms with Crippen LogP contribution in [0, 0.1) is 0 Å². The van der Waals surface area contributed by atoms with Gasteiger partial charge in [-0.1, -0.05) is 60.1 Å². The fraction of sp³-hybridized carbons (Fsp3) is 0.300. The normalized spacial score (nSPS) is 15.9. The molecule has 4 nitrogen and oxygen atoms in total. The van der Waals surface area contributed by atoms with E-state index in [0.29, 0.717) is 5.02 Å². The first-order valence-electron chi connectivity index (χ1n) is 8.29. The minimum absolute atomic E-state index is 0.260. The van der Waals surface area contributed by atoms with Gasteiger partial charge in [-0.15, -0.1) is 0 Å². The molecule has 2 aromatic rings. The van der Waals surface area contributed by atoms with Crippen LogP contribution in [0.4, 0.5) is 0 Å². The van der Waals surface area contributed by atoms with Gasteiger partial charge in [0.15, 0.2) is 6.61 Å². The predicted octanol–water partition coefficient (Wildman–Crippen LogP) is 3.79. The highest BCUT2D eigenvalue weighted by atomic mass is 35.5. The van der Waals surface area contributed by atoms with E-state index < -0.39 is 5.41 Å². The van der Waals surface area contributed by atoms with Crippen molar-refractivity contribution in [2.45, 2.75) is 31.2 Å². The van der Waals surface area contributed by atoms with Gasteiger partial charge >= 0.3 is 5.97 Å². The van der Waals surface area contributed by atoms with Crippen LogP contribution in [0.5, 0.6) is 0 Å². The first-order valence-corrected chi connectivity index (χ1v) is 8.67. The number of carbonyl (C=O) groups excluding carboxylic acids is 2.